The van der Waals surface area contributed by atoms with Gasteiger partial charge in [-0.25, -0.2) is 4.99 Å². The second-order valence-electron chi connectivity index (χ2n) is 7.65. The number of aliphatic imine (C=N–C) groups is 2. The molecule has 9 heteroatoms. The van der Waals surface area contributed by atoms with Gasteiger partial charge in [-0.15, -0.1) is 0 Å². The first-order chi connectivity index (χ1) is 15.9. The van der Waals surface area contributed by atoms with Crippen LogP contribution < -0.4 is 11.1 Å². The van der Waals surface area contributed by atoms with Crippen molar-refractivity contribution >= 4 is 29.2 Å². The van der Waals surface area contributed by atoms with Crippen LogP contribution in [-0.4, -0.2) is 48.7 Å². The Labute approximate surface area is 191 Å². The first-order valence-corrected chi connectivity index (χ1v) is 10.3. The molecule has 0 aliphatic carbocycles. The van der Waals surface area contributed by atoms with Gasteiger partial charge >= 0.3 is 0 Å². The molecule has 1 atom stereocenters. The van der Waals surface area contributed by atoms with E-state index in [-0.39, 0.29) is 17.7 Å². The maximum Gasteiger partial charge on any atom is 0.291 e. The predicted molar refractivity (Wildman–Crippen MR) is 127 cm³/mol. The standard InChI is InChI=1S/C24H24N6O3/c1-30(2)14-16-12-13-19(32-16)21(25)33-24(26)29-22-23(31)27-18-11-7-6-10-17(18)20(28-22)15-8-4-3-5-9-15/h3-13,22,25H,14H2,1-2H3,(H2,26,29)(H,27,31). The molecule has 33 heavy (non-hydrogen) atoms. The van der Waals surface area contributed by atoms with E-state index in [1.807, 2.05) is 67.5 Å². The number of carbonyl (C=O) groups is 1. The first kappa shape index (κ1) is 22.0. The molecule has 0 bridgehead atoms. The molecule has 0 radical (unpaired) electrons. The van der Waals surface area contributed by atoms with Crippen LogP contribution in [0.3, 0.4) is 0 Å². The van der Waals surface area contributed by atoms with Crippen LogP contribution in [0.4, 0.5) is 5.69 Å². The van der Waals surface area contributed by atoms with E-state index < -0.39 is 12.1 Å². The molecule has 1 aliphatic rings. The van der Waals surface area contributed by atoms with Crippen LogP contribution in [0.25, 0.3) is 0 Å². The van der Waals surface area contributed by atoms with Gasteiger partial charge in [0.25, 0.3) is 17.8 Å². The van der Waals surface area contributed by atoms with Crippen LogP contribution >= 0.6 is 0 Å². The highest BCUT2D eigenvalue weighted by Crippen LogP contribution is 2.24. The topological polar surface area (TPSA) is 129 Å². The van der Waals surface area contributed by atoms with E-state index in [1.54, 1.807) is 18.2 Å². The van der Waals surface area contributed by atoms with Crippen molar-refractivity contribution in [3.63, 3.8) is 0 Å². The van der Waals surface area contributed by atoms with E-state index >= 15 is 0 Å². The third-order valence-electron chi connectivity index (χ3n) is 4.79. The second kappa shape index (κ2) is 9.49. The molecule has 3 aromatic rings. The number of nitrogens with zero attached hydrogens (tertiary/aromatic N) is 3. The molecular formula is C24H24N6O3. The van der Waals surface area contributed by atoms with Gasteiger partial charge in [-0.1, -0.05) is 48.5 Å². The number of fused-ring (bicyclic) bond motifs is 1. The monoisotopic (exact) mass is 444 g/mol. The lowest BCUT2D eigenvalue weighted by molar-refractivity contribution is -0.117. The van der Waals surface area contributed by atoms with Crippen LogP contribution in [0.2, 0.25) is 0 Å². The maximum absolute atomic E-state index is 12.8. The summed E-state index contributed by atoms with van der Waals surface area (Å²) in [6.45, 7) is 0.580. The number of furan rings is 1. The summed E-state index contributed by atoms with van der Waals surface area (Å²) in [5, 5.41) is 11.0. The minimum atomic E-state index is -1.19. The number of nitrogens with two attached hydrogens (primary N) is 1. The summed E-state index contributed by atoms with van der Waals surface area (Å²) < 4.78 is 10.9. The van der Waals surface area contributed by atoms with E-state index in [1.165, 1.54) is 0 Å². The molecule has 4 N–H and O–H groups in total. The van der Waals surface area contributed by atoms with Gasteiger partial charge in [0.15, 0.2) is 5.76 Å². The van der Waals surface area contributed by atoms with Crippen molar-refractivity contribution in [1.29, 1.82) is 5.41 Å². The predicted octanol–water partition coefficient (Wildman–Crippen LogP) is 2.81. The molecule has 1 aromatic heterocycles. The smallest absolute Gasteiger partial charge is 0.291 e. The molecule has 1 amide bonds. The van der Waals surface area contributed by atoms with Gasteiger partial charge in [0, 0.05) is 11.1 Å². The summed E-state index contributed by atoms with van der Waals surface area (Å²) in [6.07, 6.45) is -1.19. The number of ether oxygens (including phenoxy) is 1. The Morgan fingerprint density at radius 2 is 1.88 bits per heavy atom. The lowest BCUT2D eigenvalue weighted by Gasteiger charge is -2.09. The lowest BCUT2D eigenvalue weighted by Crippen LogP contribution is -2.29. The molecule has 2 heterocycles. The van der Waals surface area contributed by atoms with Gasteiger partial charge in [-0.05, 0) is 32.3 Å². The normalized spacial score (nSPS) is 16.0. The van der Waals surface area contributed by atoms with Gasteiger partial charge < -0.3 is 25.1 Å². The number of benzene rings is 2. The summed E-state index contributed by atoms with van der Waals surface area (Å²) in [7, 11) is 3.82. The van der Waals surface area contributed by atoms with Crippen molar-refractivity contribution in [3.05, 3.63) is 89.4 Å². The molecule has 1 aliphatic heterocycles. The summed E-state index contributed by atoms with van der Waals surface area (Å²) >= 11 is 0. The zero-order valence-electron chi connectivity index (χ0n) is 18.3. The van der Waals surface area contributed by atoms with Crippen molar-refractivity contribution in [2.75, 3.05) is 19.4 Å². The van der Waals surface area contributed by atoms with E-state index in [0.717, 1.165) is 11.1 Å². The lowest BCUT2D eigenvalue weighted by atomic mass is 10.0. The van der Waals surface area contributed by atoms with Crippen LogP contribution in [0.1, 0.15) is 22.6 Å². The average molecular weight is 444 g/mol. The van der Waals surface area contributed by atoms with Gasteiger partial charge in [0.05, 0.1) is 17.9 Å². The molecule has 168 valence electrons. The largest absolute Gasteiger partial charge is 0.455 e. The molecule has 0 spiro atoms. The minimum Gasteiger partial charge on any atom is -0.455 e. The highest BCUT2D eigenvalue weighted by atomic mass is 16.5. The number of carbonyl (C=O) groups excluding carboxylic acids is 1. The molecular weight excluding hydrogens is 420 g/mol. The SMILES string of the molecule is CN(C)Cc1ccc(C(=N)OC(N)=NC2N=C(c3ccccc3)c3ccccc3NC2=O)o1. The quantitative estimate of drug-likeness (QED) is 0.412. The van der Waals surface area contributed by atoms with Gasteiger partial charge in [0.2, 0.25) is 6.17 Å². The van der Waals surface area contributed by atoms with Crippen molar-refractivity contribution in [2.24, 2.45) is 15.7 Å². The highest BCUT2D eigenvalue weighted by Gasteiger charge is 2.26. The molecule has 1 unspecified atom stereocenters. The van der Waals surface area contributed by atoms with Gasteiger partial charge in [0.1, 0.15) is 5.76 Å². The number of amidine groups is 1. The number of hydrogen-bond donors (Lipinski definition) is 3. The molecule has 0 fully saturated rings. The molecule has 9 nitrogen and oxygen atoms in total. The Morgan fingerprint density at radius 1 is 1.15 bits per heavy atom. The summed E-state index contributed by atoms with van der Waals surface area (Å²) in [4.78, 5) is 23.5. The fourth-order valence-corrected chi connectivity index (χ4v) is 3.36. The van der Waals surface area contributed by atoms with E-state index in [4.69, 9.17) is 20.3 Å². The van der Waals surface area contributed by atoms with E-state index in [2.05, 4.69) is 15.3 Å². The Hall–Kier alpha value is -4.24. The summed E-state index contributed by atoms with van der Waals surface area (Å²) in [6, 6.07) is 19.9. The number of benzodiazepines with no additional fused rings is 1. The summed E-state index contributed by atoms with van der Waals surface area (Å²) in [5.41, 5.74) is 8.74. The Balaban J connectivity index is 1.60. The van der Waals surface area contributed by atoms with Crippen molar-refractivity contribution in [1.82, 2.24) is 4.90 Å². The third-order valence-corrected chi connectivity index (χ3v) is 4.79. The fraction of sp³-hybridized carbons (Fsp3) is 0.167. The average Bonchev–Trinajstić information content (AvgIpc) is 3.20. The fourth-order valence-electron chi connectivity index (χ4n) is 3.36. The number of rotatable bonds is 5. The number of anilines is 1. The number of nitrogens with one attached hydrogen (secondary N) is 2. The van der Waals surface area contributed by atoms with E-state index in [0.29, 0.717) is 23.7 Å². The third kappa shape index (κ3) is 5.16. The minimum absolute atomic E-state index is 0.205. The van der Waals surface area contributed by atoms with Crippen molar-refractivity contribution < 1.29 is 13.9 Å². The Kier molecular flexibility index (Phi) is 6.32. The zero-order valence-corrected chi connectivity index (χ0v) is 18.3. The van der Waals surface area contributed by atoms with Crippen LogP contribution in [0.15, 0.2) is 81.1 Å². The first-order valence-electron chi connectivity index (χ1n) is 10.3. The number of amides is 1. The maximum atomic E-state index is 12.8. The zero-order chi connectivity index (χ0) is 23.4. The molecule has 0 saturated heterocycles. The highest BCUT2D eigenvalue weighted by molar-refractivity contribution is 6.19. The second-order valence-corrected chi connectivity index (χ2v) is 7.65. The molecule has 2 aromatic carbocycles. The Morgan fingerprint density at radius 3 is 2.64 bits per heavy atom. The van der Waals surface area contributed by atoms with Crippen LogP contribution in [-0.2, 0) is 16.1 Å². The Bertz CT molecular complexity index is 1230. The summed E-state index contributed by atoms with van der Waals surface area (Å²) in [5.74, 6) is 0.108. The van der Waals surface area contributed by atoms with Crippen molar-refractivity contribution in [2.45, 2.75) is 12.7 Å². The van der Waals surface area contributed by atoms with Crippen LogP contribution in [0, 0.1) is 5.41 Å². The van der Waals surface area contributed by atoms with Crippen LogP contribution in [0.5, 0.6) is 0 Å². The van der Waals surface area contributed by atoms with Gasteiger partial charge in [-0.3, -0.25) is 10.2 Å². The van der Waals surface area contributed by atoms with Crippen molar-refractivity contribution in [3.8, 4) is 0 Å². The van der Waals surface area contributed by atoms with Gasteiger partial charge in [-0.2, -0.15) is 4.99 Å². The number of hydrogen-bond acceptors (Lipinski definition) is 7. The molecule has 0 saturated carbocycles. The molecule has 4 rings (SSSR count). The number of para-hydroxylation sites is 1. The van der Waals surface area contributed by atoms with E-state index in [9.17, 15) is 4.79 Å².